The maximum Gasteiger partial charge on any atom is 0.273 e. The van der Waals surface area contributed by atoms with Crippen molar-refractivity contribution in [2.24, 2.45) is 0 Å². The first kappa shape index (κ1) is 17.4. The second kappa shape index (κ2) is 8.11. The van der Waals surface area contributed by atoms with Crippen LogP contribution < -0.4 is 10.1 Å². The number of pyridine rings is 1. The van der Waals surface area contributed by atoms with Crippen molar-refractivity contribution < 1.29 is 9.53 Å². The lowest BCUT2D eigenvalue weighted by molar-refractivity contribution is 0.101. The Labute approximate surface area is 148 Å². The molecule has 0 saturated carbocycles. The van der Waals surface area contributed by atoms with E-state index in [1.165, 1.54) is 6.42 Å². The number of nitrogens with zero attached hydrogens (tertiary/aromatic N) is 4. The zero-order valence-electron chi connectivity index (χ0n) is 14.9. The molecule has 1 N–H and O–H groups in total. The minimum absolute atomic E-state index is 0.147. The Balaban J connectivity index is 1.66. The van der Waals surface area contributed by atoms with Crippen molar-refractivity contribution in [1.82, 2.24) is 19.4 Å². The number of carbonyl (C=O) groups is 1. The number of fused-ring (bicyclic) bond motifs is 1. The molecule has 2 aromatic heterocycles. The van der Waals surface area contributed by atoms with Crippen molar-refractivity contribution in [2.45, 2.75) is 32.2 Å². The summed E-state index contributed by atoms with van der Waals surface area (Å²) in [5.74, 6) is 1.36. The van der Waals surface area contributed by atoms with Crippen molar-refractivity contribution in [3.63, 3.8) is 0 Å². The minimum Gasteiger partial charge on any atom is -0.476 e. The lowest BCUT2D eigenvalue weighted by atomic mass is 10.2. The van der Waals surface area contributed by atoms with E-state index >= 15 is 0 Å². The Hall–Kier alpha value is -2.41. The molecule has 0 saturated heterocycles. The molecule has 2 aromatic rings. The molecule has 0 aliphatic carbocycles. The van der Waals surface area contributed by atoms with Crippen molar-refractivity contribution in [2.75, 3.05) is 32.6 Å². The Morgan fingerprint density at radius 3 is 3.04 bits per heavy atom. The summed E-state index contributed by atoms with van der Waals surface area (Å²) >= 11 is 0. The van der Waals surface area contributed by atoms with Gasteiger partial charge in [0.25, 0.3) is 5.91 Å². The normalized spacial score (nSPS) is 14.0. The van der Waals surface area contributed by atoms with Gasteiger partial charge in [0.05, 0.1) is 6.20 Å². The summed E-state index contributed by atoms with van der Waals surface area (Å²) in [5, 5.41) is 2.92. The summed E-state index contributed by atoms with van der Waals surface area (Å²) in [4.78, 5) is 23.3. The fraction of sp³-hybridized carbons (Fsp3) is 0.500. The maximum atomic E-state index is 12.6. The first-order valence-corrected chi connectivity index (χ1v) is 8.73. The number of aromatic nitrogens is 3. The minimum atomic E-state index is -0.147. The van der Waals surface area contributed by atoms with Gasteiger partial charge in [-0.1, -0.05) is 6.42 Å². The van der Waals surface area contributed by atoms with E-state index in [0.29, 0.717) is 23.9 Å². The van der Waals surface area contributed by atoms with Crippen LogP contribution in [0.4, 0.5) is 5.69 Å². The summed E-state index contributed by atoms with van der Waals surface area (Å²) in [6.07, 6.45) is 7.65. The third kappa shape index (κ3) is 4.57. The number of likely N-dealkylation sites (N-methyl/N-ethyl adjacent to an activating group) is 1. The third-order valence-electron chi connectivity index (χ3n) is 4.23. The predicted octanol–water partition coefficient (Wildman–Crippen LogP) is 2.20. The highest BCUT2D eigenvalue weighted by Gasteiger charge is 2.18. The fourth-order valence-corrected chi connectivity index (χ4v) is 2.87. The number of imidazole rings is 1. The van der Waals surface area contributed by atoms with Gasteiger partial charge in [0.15, 0.2) is 0 Å². The second-order valence-corrected chi connectivity index (χ2v) is 6.51. The molecule has 25 heavy (non-hydrogen) atoms. The number of aryl methyl sites for hydroxylation is 1. The Morgan fingerprint density at radius 1 is 1.32 bits per heavy atom. The molecule has 0 spiro atoms. The van der Waals surface area contributed by atoms with Gasteiger partial charge >= 0.3 is 0 Å². The number of hydrogen-bond acceptors (Lipinski definition) is 5. The maximum absolute atomic E-state index is 12.6. The summed E-state index contributed by atoms with van der Waals surface area (Å²) in [5.41, 5.74) is 1.29. The van der Waals surface area contributed by atoms with E-state index in [9.17, 15) is 4.79 Å². The third-order valence-corrected chi connectivity index (χ3v) is 4.23. The van der Waals surface area contributed by atoms with Gasteiger partial charge in [0.1, 0.15) is 18.1 Å². The van der Waals surface area contributed by atoms with Crippen LogP contribution in [0, 0.1) is 0 Å². The van der Waals surface area contributed by atoms with Gasteiger partial charge in [-0.05, 0) is 33.0 Å². The van der Waals surface area contributed by atoms with E-state index in [1.807, 2.05) is 23.6 Å². The lowest BCUT2D eigenvalue weighted by Crippen LogP contribution is -2.20. The first-order valence-electron chi connectivity index (χ1n) is 8.73. The van der Waals surface area contributed by atoms with E-state index in [1.54, 1.807) is 24.5 Å². The predicted molar refractivity (Wildman–Crippen MR) is 96.0 cm³/mol. The molecular formula is C18H25N5O2. The molecule has 7 nitrogen and oxygen atoms in total. The molecule has 0 unspecified atom stereocenters. The van der Waals surface area contributed by atoms with E-state index in [-0.39, 0.29) is 5.91 Å². The van der Waals surface area contributed by atoms with E-state index < -0.39 is 0 Å². The number of hydrogen-bond donors (Lipinski definition) is 1. The zero-order valence-corrected chi connectivity index (χ0v) is 14.9. The number of amides is 1. The van der Waals surface area contributed by atoms with Crippen LogP contribution in [-0.2, 0) is 13.0 Å². The summed E-state index contributed by atoms with van der Waals surface area (Å²) in [6, 6.07) is 3.50. The highest BCUT2D eigenvalue weighted by molar-refractivity contribution is 6.03. The van der Waals surface area contributed by atoms with E-state index in [2.05, 4.69) is 15.3 Å². The van der Waals surface area contributed by atoms with Crippen LogP contribution >= 0.6 is 0 Å². The molecule has 7 heteroatoms. The summed E-state index contributed by atoms with van der Waals surface area (Å²) < 4.78 is 7.65. The molecule has 1 aliphatic rings. The van der Waals surface area contributed by atoms with E-state index in [0.717, 1.165) is 38.2 Å². The number of nitrogens with one attached hydrogen (secondary N) is 1. The van der Waals surface area contributed by atoms with Gasteiger partial charge in [-0.25, -0.2) is 9.97 Å². The number of ether oxygens (including phenoxy) is 1. The monoisotopic (exact) mass is 343 g/mol. The quantitative estimate of drug-likeness (QED) is 0.870. The zero-order chi connectivity index (χ0) is 17.6. The van der Waals surface area contributed by atoms with Crippen LogP contribution in [0.1, 0.15) is 35.6 Å². The topological polar surface area (TPSA) is 72.3 Å². The Morgan fingerprint density at radius 2 is 2.20 bits per heavy atom. The van der Waals surface area contributed by atoms with Gasteiger partial charge in [0, 0.05) is 37.5 Å². The van der Waals surface area contributed by atoms with Gasteiger partial charge < -0.3 is 19.5 Å². The van der Waals surface area contributed by atoms with Crippen molar-refractivity contribution >= 4 is 11.6 Å². The van der Waals surface area contributed by atoms with Crippen molar-refractivity contribution in [3.8, 4) is 5.88 Å². The summed E-state index contributed by atoms with van der Waals surface area (Å²) in [6.45, 7) is 2.21. The molecule has 3 heterocycles. The van der Waals surface area contributed by atoms with Gasteiger partial charge in [-0.3, -0.25) is 4.79 Å². The van der Waals surface area contributed by atoms with Crippen LogP contribution in [0.5, 0.6) is 5.88 Å². The molecule has 3 rings (SSSR count). The Kier molecular flexibility index (Phi) is 5.65. The van der Waals surface area contributed by atoms with Gasteiger partial charge in [-0.2, -0.15) is 0 Å². The largest absolute Gasteiger partial charge is 0.476 e. The highest BCUT2D eigenvalue weighted by atomic mass is 16.5. The second-order valence-electron chi connectivity index (χ2n) is 6.51. The molecule has 0 fully saturated rings. The van der Waals surface area contributed by atoms with Crippen LogP contribution in [0.2, 0.25) is 0 Å². The van der Waals surface area contributed by atoms with Crippen LogP contribution in [-0.4, -0.2) is 52.6 Å². The van der Waals surface area contributed by atoms with Crippen molar-refractivity contribution in [3.05, 3.63) is 36.0 Å². The molecule has 134 valence electrons. The smallest absolute Gasteiger partial charge is 0.273 e. The standard InChI is InChI=1S/C18H25N5O2/c1-22(2)10-11-25-17-12-14(7-8-19-17)21-18(24)15-13-20-16-6-4-3-5-9-23(15)16/h7-8,12-13H,3-6,9-11H2,1-2H3,(H,19,21,24). The number of rotatable bonds is 6. The van der Waals surface area contributed by atoms with Crippen molar-refractivity contribution in [1.29, 1.82) is 0 Å². The van der Waals surface area contributed by atoms with Crippen LogP contribution in [0.15, 0.2) is 24.5 Å². The van der Waals surface area contributed by atoms with E-state index in [4.69, 9.17) is 4.74 Å². The average molecular weight is 343 g/mol. The Bertz CT molecular complexity index is 726. The number of carbonyl (C=O) groups excluding carboxylic acids is 1. The highest BCUT2D eigenvalue weighted by Crippen LogP contribution is 2.19. The number of anilines is 1. The van der Waals surface area contributed by atoms with Gasteiger partial charge in [-0.15, -0.1) is 0 Å². The summed E-state index contributed by atoms with van der Waals surface area (Å²) in [7, 11) is 3.98. The molecule has 0 aromatic carbocycles. The molecule has 0 radical (unpaired) electrons. The van der Waals surface area contributed by atoms with Gasteiger partial charge in [0.2, 0.25) is 5.88 Å². The van der Waals surface area contributed by atoms with Crippen LogP contribution in [0.25, 0.3) is 0 Å². The average Bonchev–Trinajstić information content (AvgIpc) is 2.84. The molecule has 1 amide bonds. The van der Waals surface area contributed by atoms with Crippen LogP contribution in [0.3, 0.4) is 0 Å². The molecule has 0 atom stereocenters. The fourth-order valence-electron chi connectivity index (χ4n) is 2.87. The SMILES string of the molecule is CN(C)CCOc1cc(NC(=O)c2cnc3n2CCCCC3)ccn1. The lowest BCUT2D eigenvalue weighted by Gasteiger charge is -2.12. The molecular weight excluding hydrogens is 318 g/mol. The molecule has 1 aliphatic heterocycles. The molecule has 0 bridgehead atoms. The first-order chi connectivity index (χ1) is 12.1.